The quantitative estimate of drug-likeness (QED) is 0.260. The lowest BCUT2D eigenvalue weighted by atomic mass is 10.1. The summed E-state index contributed by atoms with van der Waals surface area (Å²) in [5, 5.41) is 13.1. The fraction of sp³-hybridized carbons (Fsp3) is 0.139. The van der Waals surface area contributed by atoms with Crippen LogP contribution in [0.2, 0.25) is 0 Å². The third-order valence-electron chi connectivity index (χ3n) is 7.30. The number of ether oxygens (including phenoxy) is 1. The molecule has 4 aromatic carbocycles. The lowest BCUT2D eigenvalue weighted by Gasteiger charge is -2.12. The summed E-state index contributed by atoms with van der Waals surface area (Å²) in [5.74, 6) is 0.0990. The second-order valence-corrected chi connectivity index (χ2v) is 11.4. The number of nitrogens with one attached hydrogen (secondary N) is 1. The number of para-hydroxylation sites is 1. The van der Waals surface area contributed by atoms with Crippen LogP contribution in [0.5, 0.6) is 5.75 Å². The highest BCUT2D eigenvalue weighted by molar-refractivity contribution is 7.07. The van der Waals surface area contributed by atoms with E-state index < -0.39 is 5.91 Å². The molecule has 1 heterocycles. The van der Waals surface area contributed by atoms with Crippen LogP contribution in [0.25, 0.3) is 17.3 Å². The summed E-state index contributed by atoms with van der Waals surface area (Å²) in [4.78, 5) is 27.6. The van der Waals surface area contributed by atoms with Gasteiger partial charge in [-0.05, 0) is 85.4 Å². The van der Waals surface area contributed by atoms with Crippen LogP contribution in [0.15, 0.2) is 95.8 Å². The first kappa shape index (κ1) is 29.3. The summed E-state index contributed by atoms with van der Waals surface area (Å²) < 4.78 is 8.16. The van der Waals surface area contributed by atoms with Crippen LogP contribution < -0.4 is 24.8 Å². The predicted molar refractivity (Wildman–Crippen MR) is 173 cm³/mol. The largest absolute Gasteiger partial charge is 0.489 e. The van der Waals surface area contributed by atoms with Crippen LogP contribution in [-0.2, 0) is 11.4 Å². The lowest BCUT2D eigenvalue weighted by Crippen LogP contribution is -2.33. The van der Waals surface area contributed by atoms with Crippen molar-refractivity contribution >= 4 is 34.6 Å². The summed E-state index contributed by atoms with van der Waals surface area (Å²) in [7, 11) is 0. The van der Waals surface area contributed by atoms with E-state index >= 15 is 0 Å². The van der Waals surface area contributed by atoms with Gasteiger partial charge in [0.25, 0.3) is 11.5 Å². The number of aromatic nitrogens is 1. The third kappa shape index (κ3) is 6.35. The van der Waals surface area contributed by atoms with Crippen molar-refractivity contribution in [2.24, 2.45) is 0 Å². The molecule has 0 unspecified atom stereocenters. The molecule has 5 rings (SSSR count). The molecule has 0 saturated heterocycles. The monoisotopic (exact) mass is 585 g/mol. The number of aryl methyl sites for hydroxylation is 3. The van der Waals surface area contributed by atoms with Crippen LogP contribution in [0, 0.1) is 39.0 Å². The van der Waals surface area contributed by atoms with Gasteiger partial charge >= 0.3 is 0 Å². The molecule has 0 bridgehead atoms. The summed E-state index contributed by atoms with van der Waals surface area (Å²) in [6.07, 6.45) is 1.77. The van der Waals surface area contributed by atoms with Crippen LogP contribution >= 0.6 is 11.3 Å². The standard InChI is InChI=1S/C36H31N3O3S/c1-23-11-9-18-31(26(23)4)38-34(40)30(21-37)36-39(33-24(2)12-8-13-25(33)3)35(41)32(43-36)20-28-16-10-17-29(19-28)42-22-27-14-6-5-7-15-27/h5-20H,22H2,1-4H3,(H,38,40). The normalized spacial score (nSPS) is 12.0. The number of carbonyl (C=O) groups excluding carboxylic acids is 1. The van der Waals surface area contributed by atoms with Gasteiger partial charge in [0.2, 0.25) is 0 Å². The Hall–Kier alpha value is -5.19. The van der Waals surface area contributed by atoms with E-state index in [1.807, 2.05) is 113 Å². The minimum atomic E-state index is -0.569. The first-order chi connectivity index (χ1) is 20.8. The van der Waals surface area contributed by atoms with Crippen molar-refractivity contribution in [3.8, 4) is 17.5 Å². The minimum absolute atomic E-state index is 0.134. The maximum absolute atomic E-state index is 14.1. The zero-order valence-electron chi connectivity index (χ0n) is 24.5. The molecule has 0 spiro atoms. The fourth-order valence-electron chi connectivity index (χ4n) is 4.86. The van der Waals surface area contributed by atoms with E-state index in [-0.39, 0.29) is 15.8 Å². The average Bonchev–Trinajstić information content (AvgIpc) is 3.30. The van der Waals surface area contributed by atoms with Crippen molar-refractivity contribution in [2.75, 3.05) is 5.32 Å². The Morgan fingerprint density at radius 1 is 0.907 bits per heavy atom. The van der Waals surface area contributed by atoms with E-state index in [1.54, 1.807) is 12.1 Å². The van der Waals surface area contributed by atoms with E-state index in [2.05, 4.69) is 11.4 Å². The van der Waals surface area contributed by atoms with Crippen LogP contribution in [0.3, 0.4) is 0 Å². The molecule has 0 aliphatic heterocycles. The molecule has 214 valence electrons. The molecular formula is C36H31N3O3S. The molecule has 5 aromatic rings. The van der Waals surface area contributed by atoms with E-state index in [0.29, 0.717) is 28.3 Å². The van der Waals surface area contributed by atoms with Gasteiger partial charge in [-0.25, -0.2) is 0 Å². The second-order valence-electron chi connectivity index (χ2n) is 10.3. The number of hydrogen-bond donors (Lipinski definition) is 1. The Kier molecular flexibility index (Phi) is 8.70. The molecule has 7 heteroatoms. The molecular weight excluding hydrogens is 554 g/mol. The number of hydrogen-bond acceptors (Lipinski definition) is 5. The second kappa shape index (κ2) is 12.8. The van der Waals surface area contributed by atoms with Crippen molar-refractivity contribution in [2.45, 2.75) is 34.3 Å². The number of nitrogens with zero attached hydrogens (tertiary/aromatic N) is 2. The highest BCUT2D eigenvalue weighted by atomic mass is 32.1. The molecule has 43 heavy (non-hydrogen) atoms. The van der Waals surface area contributed by atoms with Gasteiger partial charge in [0.15, 0.2) is 5.57 Å². The highest BCUT2D eigenvalue weighted by Gasteiger charge is 2.20. The summed E-state index contributed by atoms with van der Waals surface area (Å²) in [6, 6.07) is 30.8. The van der Waals surface area contributed by atoms with Crippen molar-refractivity contribution < 1.29 is 9.53 Å². The number of amides is 1. The van der Waals surface area contributed by atoms with Crippen LogP contribution in [-0.4, -0.2) is 10.5 Å². The van der Waals surface area contributed by atoms with Gasteiger partial charge in [-0.2, -0.15) is 5.26 Å². The molecule has 0 saturated carbocycles. The van der Waals surface area contributed by atoms with E-state index in [0.717, 1.165) is 44.7 Å². The van der Waals surface area contributed by atoms with E-state index in [1.165, 1.54) is 4.57 Å². The number of nitriles is 1. The van der Waals surface area contributed by atoms with Gasteiger partial charge < -0.3 is 10.1 Å². The zero-order valence-corrected chi connectivity index (χ0v) is 25.3. The predicted octanol–water partition coefficient (Wildman–Crippen LogP) is 5.85. The van der Waals surface area contributed by atoms with Gasteiger partial charge in [-0.15, -0.1) is 11.3 Å². The Morgan fingerprint density at radius 2 is 1.58 bits per heavy atom. The fourth-order valence-corrected chi connectivity index (χ4v) is 5.95. The SMILES string of the molecule is Cc1cccc(NC(=O)C(C#N)=c2sc(=Cc3cccc(OCc4ccccc4)c3)c(=O)n2-c2c(C)cccc2C)c1C. The zero-order chi connectivity index (χ0) is 30.5. The molecule has 0 fully saturated rings. The molecule has 6 nitrogen and oxygen atoms in total. The Bertz CT molecular complexity index is 2030. The van der Waals surface area contributed by atoms with Gasteiger partial charge in [0.05, 0.1) is 10.2 Å². The molecule has 0 aliphatic rings. The first-order valence-corrected chi connectivity index (χ1v) is 14.7. The maximum atomic E-state index is 14.1. The summed E-state index contributed by atoms with van der Waals surface area (Å²) in [5.41, 5.74) is 6.30. The number of anilines is 1. The Balaban J connectivity index is 1.65. The molecule has 0 aliphatic carbocycles. The van der Waals surface area contributed by atoms with Gasteiger partial charge in [-0.3, -0.25) is 14.2 Å². The van der Waals surface area contributed by atoms with Crippen LogP contribution in [0.4, 0.5) is 5.69 Å². The van der Waals surface area contributed by atoms with Gasteiger partial charge in [0.1, 0.15) is 23.1 Å². The van der Waals surface area contributed by atoms with Gasteiger partial charge in [0, 0.05) is 5.69 Å². The van der Waals surface area contributed by atoms with Crippen molar-refractivity contribution in [1.82, 2.24) is 4.57 Å². The van der Waals surface area contributed by atoms with Crippen molar-refractivity contribution in [3.05, 3.63) is 144 Å². The number of benzene rings is 4. The number of thiazole rings is 1. The first-order valence-electron chi connectivity index (χ1n) is 13.9. The van der Waals surface area contributed by atoms with Crippen LogP contribution in [0.1, 0.15) is 33.4 Å². The lowest BCUT2D eigenvalue weighted by molar-refractivity contribution is -0.111. The molecule has 1 aromatic heterocycles. The summed E-state index contributed by atoms with van der Waals surface area (Å²) >= 11 is 1.12. The highest BCUT2D eigenvalue weighted by Crippen LogP contribution is 2.20. The third-order valence-corrected chi connectivity index (χ3v) is 8.39. The summed E-state index contributed by atoms with van der Waals surface area (Å²) in [6.45, 7) is 8.12. The number of carbonyl (C=O) groups is 1. The van der Waals surface area contributed by atoms with E-state index in [4.69, 9.17) is 4.74 Å². The Labute approximate surface area is 254 Å². The minimum Gasteiger partial charge on any atom is -0.489 e. The Morgan fingerprint density at radius 3 is 2.30 bits per heavy atom. The van der Waals surface area contributed by atoms with Gasteiger partial charge in [-0.1, -0.05) is 72.8 Å². The van der Waals surface area contributed by atoms with E-state index in [9.17, 15) is 14.9 Å². The maximum Gasteiger partial charge on any atom is 0.273 e. The molecule has 0 atom stereocenters. The van der Waals surface area contributed by atoms with Crippen molar-refractivity contribution in [3.63, 3.8) is 0 Å². The van der Waals surface area contributed by atoms with Crippen molar-refractivity contribution in [1.29, 1.82) is 5.26 Å². The molecule has 1 amide bonds. The topological polar surface area (TPSA) is 84.1 Å². The number of rotatable bonds is 7. The molecule has 1 N–H and O–H groups in total. The molecule has 0 radical (unpaired) electrons. The average molecular weight is 586 g/mol. The smallest absolute Gasteiger partial charge is 0.273 e.